The normalized spacial score (nSPS) is 11.2. The van der Waals surface area contributed by atoms with Crippen LogP contribution in [0.2, 0.25) is 0 Å². The fourth-order valence-corrected chi connectivity index (χ4v) is 4.30. The Morgan fingerprint density at radius 1 is 1.04 bits per heavy atom. The topological polar surface area (TPSA) is 34.9 Å². The second kappa shape index (κ2) is 7.08. The van der Waals surface area contributed by atoms with E-state index in [1.54, 1.807) is 22.0 Å². The van der Waals surface area contributed by atoms with Crippen LogP contribution in [0.5, 0.6) is 0 Å². The zero-order chi connectivity index (χ0) is 19.0. The molecule has 0 N–H and O–H groups in total. The molecule has 0 saturated heterocycles. The van der Waals surface area contributed by atoms with Crippen LogP contribution in [-0.2, 0) is 13.0 Å². The molecule has 2 aromatic carbocycles. The minimum atomic E-state index is -0.304. The van der Waals surface area contributed by atoms with Gasteiger partial charge in [-0.3, -0.25) is 9.36 Å². The largest absolute Gasteiger partial charge is 0.291 e. The van der Waals surface area contributed by atoms with Gasteiger partial charge in [-0.05, 0) is 42.7 Å². The molecule has 0 aliphatic rings. The Bertz CT molecular complexity index is 1180. The van der Waals surface area contributed by atoms with Crippen LogP contribution in [0.3, 0.4) is 0 Å². The first kappa shape index (κ1) is 17.6. The Morgan fingerprint density at radius 2 is 1.78 bits per heavy atom. The van der Waals surface area contributed by atoms with Crippen molar-refractivity contribution >= 4 is 21.6 Å². The van der Waals surface area contributed by atoms with Crippen LogP contribution in [-0.4, -0.2) is 9.55 Å². The molecule has 0 atom stereocenters. The van der Waals surface area contributed by atoms with Gasteiger partial charge in [-0.15, -0.1) is 11.3 Å². The second-order valence-electron chi connectivity index (χ2n) is 6.68. The highest BCUT2D eigenvalue weighted by molar-refractivity contribution is 7.18. The predicted molar refractivity (Wildman–Crippen MR) is 108 cm³/mol. The van der Waals surface area contributed by atoms with Gasteiger partial charge < -0.3 is 0 Å². The molecule has 2 aromatic heterocycles. The van der Waals surface area contributed by atoms with Gasteiger partial charge in [0.15, 0.2) is 0 Å². The van der Waals surface area contributed by atoms with E-state index in [-0.39, 0.29) is 11.4 Å². The van der Waals surface area contributed by atoms with E-state index in [2.05, 4.69) is 0 Å². The Balaban J connectivity index is 1.89. The first-order valence-corrected chi connectivity index (χ1v) is 9.62. The number of hydrogen-bond donors (Lipinski definition) is 0. The fraction of sp³-hybridized carbons (Fsp3) is 0.182. The van der Waals surface area contributed by atoms with Crippen molar-refractivity contribution in [3.8, 4) is 0 Å². The van der Waals surface area contributed by atoms with E-state index >= 15 is 0 Å². The number of benzene rings is 2. The number of hydrogen-bond acceptors (Lipinski definition) is 3. The molecule has 0 bridgehead atoms. The third-order valence-electron chi connectivity index (χ3n) is 4.80. The average Bonchev–Trinajstić information content (AvgIpc) is 2.93. The van der Waals surface area contributed by atoms with E-state index in [1.807, 2.05) is 50.2 Å². The van der Waals surface area contributed by atoms with Crippen LogP contribution >= 0.6 is 11.3 Å². The summed E-state index contributed by atoms with van der Waals surface area (Å²) in [5, 5.41) is 0.672. The standard InChI is InChI=1S/C22H19FN2OS/c1-14-15(2)27-21-20(14)22(26)25(13-17-9-6-10-18(23)11-17)19(24-21)12-16-7-4-3-5-8-16/h3-11H,12-13H2,1-2H3. The van der Waals surface area contributed by atoms with Gasteiger partial charge in [-0.1, -0.05) is 42.5 Å². The highest BCUT2D eigenvalue weighted by Gasteiger charge is 2.17. The van der Waals surface area contributed by atoms with Crippen molar-refractivity contribution in [1.82, 2.24) is 9.55 Å². The van der Waals surface area contributed by atoms with Crippen LogP contribution in [0, 0.1) is 19.7 Å². The van der Waals surface area contributed by atoms with Crippen molar-refractivity contribution in [2.45, 2.75) is 26.8 Å². The maximum Gasteiger partial charge on any atom is 0.262 e. The maximum atomic E-state index is 13.6. The fourth-order valence-electron chi connectivity index (χ4n) is 3.26. The number of fused-ring (bicyclic) bond motifs is 1. The lowest BCUT2D eigenvalue weighted by atomic mass is 10.1. The first-order chi connectivity index (χ1) is 13.0. The molecule has 0 unspecified atom stereocenters. The number of aryl methyl sites for hydroxylation is 2. The minimum Gasteiger partial charge on any atom is -0.291 e. The van der Waals surface area contributed by atoms with E-state index in [0.29, 0.717) is 24.2 Å². The third-order valence-corrected chi connectivity index (χ3v) is 5.90. The quantitative estimate of drug-likeness (QED) is 0.509. The summed E-state index contributed by atoms with van der Waals surface area (Å²) in [5.41, 5.74) is 2.75. The molecule has 0 fully saturated rings. The van der Waals surface area contributed by atoms with Gasteiger partial charge >= 0.3 is 0 Å². The van der Waals surface area contributed by atoms with Crippen LogP contribution in [0.15, 0.2) is 59.4 Å². The lowest BCUT2D eigenvalue weighted by Crippen LogP contribution is -2.26. The summed E-state index contributed by atoms with van der Waals surface area (Å²) in [7, 11) is 0. The second-order valence-corrected chi connectivity index (χ2v) is 7.88. The molecule has 4 rings (SSSR count). The van der Waals surface area contributed by atoms with Crippen molar-refractivity contribution in [2.24, 2.45) is 0 Å². The molecule has 0 spiro atoms. The Morgan fingerprint density at radius 3 is 2.52 bits per heavy atom. The molecule has 4 aromatic rings. The molecule has 136 valence electrons. The Kier molecular flexibility index (Phi) is 4.62. The monoisotopic (exact) mass is 378 g/mol. The molecule has 0 radical (unpaired) electrons. The van der Waals surface area contributed by atoms with Gasteiger partial charge in [-0.2, -0.15) is 0 Å². The third kappa shape index (κ3) is 3.43. The number of rotatable bonds is 4. The lowest BCUT2D eigenvalue weighted by molar-refractivity contribution is 0.620. The van der Waals surface area contributed by atoms with Crippen LogP contribution in [0.1, 0.15) is 27.4 Å². The average molecular weight is 378 g/mol. The smallest absolute Gasteiger partial charge is 0.262 e. The zero-order valence-corrected chi connectivity index (χ0v) is 16.0. The van der Waals surface area contributed by atoms with E-state index in [9.17, 15) is 9.18 Å². The van der Waals surface area contributed by atoms with Crippen molar-refractivity contribution < 1.29 is 4.39 Å². The summed E-state index contributed by atoms with van der Waals surface area (Å²) in [6.07, 6.45) is 0.553. The Hall–Kier alpha value is -2.79. The van der Waals surface area contributed by atoms with Crippen molar-refractivity contribution in [1.29, 1.82) is 0 Å². The van der Waals surface area contributed by atoms with Gasteiger partial charge in [0.25, 0.3) is 5.56 Å². The number of nitrogens with zero attached hydrogens (tertiary/aromatic N) is 2. The minimum absolute atomic E-state index is 0.0583. The van der Waals surface area contributed by atoms with Gasteiger partial charge in [-0.25, -0.2) is 9.37 Å². The highest BCUT2D eigenvalue weighted by atomic mass is 32.1. The number of aromatic nitrogens is 2. The summed E-state index contributed by atoms with van der Waals surface area (Å²) >= 11 is 1.55. The summed E-state index contributed by atoms with van der Waals surface area (Å²) in [4.78, 5) is 20.0. The molecule has 5 heteroatoms. The SMILES string of the molecule is Cc1sc2nc(Cc3ccccc3)n(Cc3cccc(F)c3)c(=O)c2c1C. The molecule has 0 aliphatic heterocycles. The summed E-state index contributed by atoms with van der Waals surface area (Å²) in [6.45, 7) is 4.27. The van der Waals surface area contributed by atoms with E-state index in [1.165, 1.54) is 12.1 Å². The Labute approximate surface area is 160 Å². The molecule has 0 saturated carbocycles. The van der Waals surface area contributed by atoms with Crippen LogP contribution < -0.4 is 5.56 Å². The van der Waals surface area contributed by atoms with Gasteiger partial charge in [0.2, 0.25) is 0 Å². The van der Waals surface area contributed by atoms with E-state index in [0.717, 1.165) is 26.4 Å². The molecular weight excluding hydrogens is 359 g/mol. The highest BCUT2D eigenvalue weighted by Crippen LogP contribution is 2.27. The van der Waals surface area contributed by atoms with Gasteiger partial charge in [0, 0.05) is 11.3 Å². The van der Waals surface area contributed by atoms with E-state index in [4.69, 9.17) is 4.98 Å². The molecule has 2 heterocycles. The molecule has 3 nitrogen and oxygen atoms in total. The van der Waals surface area contributed by atoms with Crippen molar-refractivity contribution in [3.05, 3.63) is 98.2 Å². The first-order valence-electron chi connectivity index (χ1n) is 8.80. The molecule has 0 aliphatic carbocycles. The maximum absolute atomic E-state index is 13.6. The number of halogens is 1. The van der Waals surface area contributed by atoms with Gasteiger partial charge in [0.05, 0.1) is 11.9 Å². The van der Waals surface area contributed by atoms with E-state index < -0.39 is 0 Å². The van der Waals surface area contributed by atoms with Gasteiger partial charge in [0.1, 0.15) is 16.5 Å². The lowest BCUT2D eigenvalue weighted by Gasteiger charge is -2.13. The van der Waals surface area contributed by atoms with Crippen molar-refractivity contribution in [3.63, 3.8) is 0 Å². The van der Waals surface area contributed by atoms with Crippen LogP contribution in [0.25, 0.3) is 10.2 Å². The van der Waals surface area contributed by atoms with Crippen LogP contribution in [0.4, 0.5) is 4.39 Å². The zero-order valence-electron chi connectivity index (χ0n) is 15.2. The van der Waals surface area contributed by atoms with Crippen molar-refractivity contribution in [2.75, 3.05) is 0 Å². The summed E-state index contributed by atoms with van der Waals surface area (Å²) < 4.78 is 15.3. The molecular formula is C22H19FN2OS. The summed E-state index contributed by atoms with van der Waals surface area (Å²) in [6, 6.07) is 16.3. The molecule has 0 amide bonds. The predicted octanol–water partition coefficient (Wildman–Crippen LogP) is 4.85. The summed E-state index contributed by atoms with van der Waals surface area (Å²) in [5.74, 6) is 0.394. The number of thiophene rings is 1. The molecule has 27 heavy (non-hydrogen) atoms.